The van der Waals surface area contributed by atoms with Crippen LogP contribution in [0.3, 0.4) is 0 Å². The quantitative estimate of drug-likeness (QED) is 0.501. The van der Waals surface area contributed by atoms with Crippen LogP contribution in [0.5, 0.6) is 11.5 Å². The Kier molecular flexibility index (Phi) is 5.94. The van der Waals surface area contributed by atoms with Crippen molar-refractivity contribution in [2.45, 2.75) is 26.9 Å². The highest BCUT2D eigenvalue weighted by molar-refractivity contribution is 8.26. The van der Waals surface area contributed by atoms with E-state index in [2.05, 4.69) is 20.2 Å². The van der Waals surface area contributed by atoms with Gasteiger partial charge in [0.05, 0.1) is 23.4 Å². The highest BCUT2D eigenvalue weighted by Gasteiger charge is 2.34. The zero-order valence-electron chi connectivity index (χ0n) is 18.9. The van der Waals surface area contributed by atoms with Crippen LogP contribution in [0.4, 0.5) is 0 Å². The van der Waals surface area contributed by atoms with Crippen molar-refractivity contribution < 1.29 is 14.3 Å². The standard InChI is InChI=1S/C22H19N7O4S2/c1-4-17-27-28-18(30)9-13(24-21(28)35-17)10-33-15-6-5-12(8-16(15)32-3)7-14-19(23)29-22(25-20(14)31)34-11(2)26-29/h5-9,23H,4,10H2,1-3H3/b14-7+,23-19?. The van der Waals surface area contributed by atoms with Crippen molar-refractivity contribution >= 4 is 56.1 Å². The fourth-order valence-electron chi connectivity index (χ4n) is 3.41. The SMILES string of the molecule is CCc1nn2c(=O)cc(COc3ccc(/C=C4\C(=N)N5N=C(C)SC5=NC4=O)cc3OC)nc2s1. The van der Waals surface area contributed by atoms with Crippen molar-refractivity contribution in [1.82, 2.24) is 19.6 Å². The summed E-state index contributed by atoms with van der Waals surface area (Å²) in [6.45, 7) is 3.82. The number of hydrazone groups is 1. The van der Waals surface area contributed by atoms with Crippen LogP contribution >= 0.6 is 23.1 Å². The molecule has 35 heavy (non-hydrogen) atoms. The number of nitrogens with zero attached hydrogens (tertiary/aromatic N) is 6. The minimum absolute atomic E-state index is 0.0364. The molecule has 0 fully saturated rings. The minimum atomic E-state index is -0.500. The number of aryl methyl sites for hydroxylation is 1. The van der Waals surface area contributed by atoms with Gasteiger partial charge in [0.25, 0.3) is 11.5 Å². The van der Waals surface area contributed by atoms with Gasteiger partial charge >= 0.3 is 0 Å². The molecule has 2 aliphatic rings. The lowest BCUT2D eigenvalue weighted by Crippen LogP contribution is -2.35. The number of amidine groups is 2. The molecule has 0 saturated carbocycles. The van der Waals surface area contributed by atoms with Crippen molar-refractivity contribution in [3.63, 3.8) is 0 Å². The molecule has 0 aliphatic carbocycles. The number of benzene rings is 1. The Morgan fingerprint density at radius 1 is 1.20 bits per heavy atom. The van der Waals surface area contributed by atoms with E-state index < -0.39 is 5.91 Å². The number of ether oxygens (including phenoxy) is 2. The second-order valence-electron chi connectivity index (χ2n) is 7.47. The third-order valence-electron chi connectivity index (χ3n) is 5.07. The maximum absolute atomic E-state index is 12.5. The second kappa shape index (κ2) is 9.07. The summed E-state index contributed by atoms with van der Waals surface area (Å²) in [7, 11) is 1.50. The largest absolute Gasteiger partial charge is 0.493 e. The number of fused-ring (bicyclic) bond motifs is 2. The fourth-order valence-corrected chi connectivity index (χ4v) is 5.00. The molecule has 5 rings (SSSR count). The van der Waals surface area contributed by atoms with E-state index in [1.54, 1.807) is 31.2 Å². The normalized spacial score (nSPS) is 16.5. The number of aromatic nitrogens is 3. The van der Waals surface area contributed by atoms with E-state index in [4.69, 9.17) is 14.9 Å². The first-order chi connectivity index (χ1) is 16.9. The van der Waals surface area contributed by atoms with Gasteiger partial charge < -0.3 is 9.47 Å². The number of hydrogen-bond donors (Lipinski definition) is 1. The van der Waals surface area contributed by atoms with Gasteiger partial charge in [0.1, 0.15) is 11.6 Å². The van der Waals surface area contributed by atoms with Crippen molar-refractivity contribution in [1.29, 1.82) is 5.41 Å². The van der Waals surface area contributed by atoms with E-state index in [-0.39, 0.29) is 23.6 Å². The number of carbonyl (C=O) groups is 1. The topological polar surface area (TPSA) is 135 Å². The predicted octanol–water partition coefficient (Wildman–Crippen LogP) is 2.94. The maximum atomic E-state index is 12.5. The zero-order chi connectivity index (χ0) is 24.7. The summed E-state index contributed by atoms with van der Waals surface area (Å²) in [5.74, 6) is 0.329. The third-order valence-corrected chi connectivity index (χ3v) is 6.95. The van der Waals surface area contributed by atoms with Crippen LogP contribution in [0.2, 0.25) is 0 Å². The Morgan fingerprint density at radius 3 is 2.80 bits per heavy atom. The average Bonchev–Trinajstić information content (AvgIpc) is 3.43. The molecule has 0 bridgehead atoms. The lowest BCUT2D eigenvalue weighted by Gasteiger charge is -2.20. The van der Waals surface area contributed by atoms with E-state index in [9.17, 15) is 9.59 Å². The number of rotatable bonds is 6. The zero-order valence-corrected chi connectivity index (χ0v) is 20.6. The molecular weight excluding hydrogens is 490 g/mol. The highest BCUT2D eigenvalue weighted by atomic mass is 32.2. The van der Waals surface area contributed by atoms with E-state index >= 15 is 0 Å². The Balaban J connectivity index is 1.37. The summed E-state index contributed by atoms with van der Waals surface area (Å²) in [5.41, 5.74) is 0.962. The van der Waals surface area contributed by atoms with Gasteiger partial charge in [-0.3, -0.25) is 15.0 Å². The lowest BCUT2D eigenvalue weighted by atomic mass is 10.1. The molecule has 11 nitrogen and oxygen atoms in total. The molecule has 1 N–H and O–H groups in total. The molecular formula is C22H19N7O4S2. The number of aliphatic imine (C=N–C) groups is 1. The fraction of sp³-hybridized carbons (Fsp3) is 0.227. The van der Waals surface area contributed by atoms with Gasteiger partial charge in [0.15, 0.2) is 17.3 Å². The van der Waals surface area contributed by atoms with Crippen LogP contribution in [-0.2, 0) is 17.8 Å². The summed E-state index contributed by atoms with van der Waals surface area (Å²) in [5, 5.41) is 20.1. The number of amides is 1. The first-order valence-corrected chi connectivity index (χ1v) is 12.2. The van der Waals surface area contributed by atoms with Gasteiger partial charge in [-0.1, -0.05) is 24.3 Å². The molecule has 178 valence electrons. The van der Waals surface area contributed by atoms with E-state index in [0.29, 0.717) is 37.9 Å². The summed E-state index contributed by atoms with van der Waals surface area (Å²) < 4.78 is 12.6. The van der Waals surface area contributed by atoms with E-state index in [1.807, 2.05) is 6.92 Å². The van der Waals surface area contributed by atoms with Gasteiger partial charge in [0.2, 0.25) is 10.1 Å². The van der Waals surface area contributed by atoms with Gasteiger partial charge in [-0.2, -0.15) is 24.7 Å². The first-order valence-electron chi connectivity index (χ1n) is 10.5. The second-order valence-corrected chi connectivity index (χ2v) is 9.67. The van der Waals surface area contributed by atoms with Gasteiger partial charge in [-0.25, -0.2) is 4.98 Å². The predicted molar refractivity (Wildman–Crippen MR) is 135 cm³/mol. The van der Waals surface area contributed by atoms with Gasteiger partial charge in [-0.15, -0.1) is 0 Å². The maximum Gasteiger partial charge on any atom is 0.283 e. The summed E-state index contributed by atoms with van der Waals surface area (Å²) in [6.07, 6.45) is 2.29. The van der Waals surface area contributed by atoms with E-state index in [0.717, 1.165) is 11.4 Å². The summed E-state index contributed by atoms with van der Waals surface area (Å²) in [6, 6.07) is 6.52. The Morgan fingerprint density at radius 2 is 2.03 bits per heavy atom. The van der Waals surface area contributed by atoms with Crippen molar-refractivity contribution in [3.8, 4) is 11.5 Å². The summed E-state index contributed by atoms with van der Waals surface area (Å²) in [4.78, 5) is 33.9. The minimum Gasteiger partial charge on any atom is -0.493 e. The number of thioether (sulfide) groups is 1. The van der Waals surface area contributed by atoms with Crippen LogP contribution in [0, 0.1) is 5.41 Å². The Hall–Kier alpha value is -3.84. The van der Waals surface area contributed by atoms with Gasteiger partial charge in [-0.05, 0) is 48.9 Å². The molecule has 0 atom stereocenters. The van der Waals surface area contributed by atoms with Crippen LogP contribution < -0.4 is 15.0 Å². The van der Waals surface area contributed by atoms with Crippen molar-refractivity contribution in [2.24, 2.45) is 10.1 Å². The molecule has 0 unspecified atom stereocenters. The first kappa shape index (κ1) is 22.9. The van der Waals surface area contributed by atoms with Crippen LogP contribution in [0.25, 0.3) is 11.0 Å². The monoisotopic (exact) mass is 509 g/mol. The Labute approximate surface area is 207 Å². The smallest absolute Gasteiger partial charge is 0.283 e. The third kappa shape index (κ3) is 4.35. The number of carbonyl (C=O) groups excluding carboxylic acids is 1. The van der Waals surface area contributed by atoms with Crippen LogP contribution in [0.1, 0.15) is 30.1 Å². The van der Waals surface area contributed by atoms with Gasteiger partial charge in [0, 0.05) is 6.07 Å². The number of hydrogen-bond acceptors (Lipinski definition) is 10. The van der Waals surface area contributed by atoms with E-state index in [1.165, 1.54) is 45.8 Å². The molecule has 2 aromatic heterocycles. The number of methoxy groups -OCH3 is 1. The molecule has 1 aromatic carbocycles. The van der Waals surface area contributed by atoms with Crippen LogP contribution in [-0.4, -0.2) is 48.7 Å². The lowest BCUT2D eigenvalue weighted by molar-refractivity contribution is -0.114. The molecule has 4 heterocycles. The number of nitrogens with one attached hydrogen (secondary N) is 1. The molecule has 0 spiro atoms. The molecule has 0 radical (unpaired) electrons. The van der Waals surface area contributed by atoms with Crippen molar-refractivity contribution in [2.75, 3.05) is 7.11 Å². The molecule has 3 aromatic rings. The Bertz CT molecular complexity index is 1540. The van der Waals surface area contributed by atoms with Crippen molar-refractivity contribution in [3.05, 3.63) is 56.5 Å². The van der Waals surface area contributed by atoms with Crippen LogP contribution in [0.15, 0.2) is 44.7 Å². The molecule has 1 amide bonds. The summed E-state index contributed by atoms with van der Waals surface area (Å²) >= 11 is 2.62. The highest BCUT2D eigenvalue weighted by Crippen LogP contribution is 2.32. The molecule has 2 aliphatic heterocycles. The average molecular weight is 510 g/mol. The molecule has 0 saturated heterocycles. The molecule has 13 heteroatoms.